The Hall–Kier alpha value is -1.86. The molecule has 2 aromatic rings. The fourth-order valence-electron chi connectivity index (χ4n) is 3.12. The quantitative estimate of drug-likeness (QED) is 0.754. The van der Waals surface area contributed by atoms with Crippen molar-refractivity contribution in [1.82, 2.24) is 14.8 Å². The third-order valence-corrected chi connectivity index (χ3v) is 5.71. The van der Waals surface area contributed by atoms with E-state index in [1.165, 1.54) is 22.2 Å². The molecule has 1 aromatic carbocycles. The summed E-state index contributed by atoms with van der Waals surface area (Å²) in [5.41, 5.74) is 1.20. The van der Waals surface area contributed by atoms with Crippen LogP contribution in [-0.4, -0.2) is 46.7 Å². The van der Waals surface area contributed by atoms with Crippen molar-refractivity contribution in [1.29, 1.82) is 0 Å². The number of benzene rings is 1. The zero-order valence-electron chi connectivity index (χ0n) is 14.9. The van der Waals surface area contributed by atoms with Crippen molar-refractivity contribution in [2.75, 3.05) is 20.7 Å². The van der Waals surface area contributed by atoms with E-state index >= 15 is 0 Å². The summed E-state index contributed by atoms with van der Waals surface area (Å²) in [4.78, 5) is 13.2. The molecule has 0 spiro atoms. The van der Waals surface area contributed by atoms with Crippen molar-refractivity contribution < 1.29 is 14.4 Å². The molecule has 2 heterocycles. The lowest BCUT2D eigenvalue weighted by atomic mass is 10.2. The van der Waals surface area contributed by atoms with Crippen LogP contribution in [-0.2, 0) is 16.1 Å². The third-order valence-electron chi connectivity index (χ3n) is 4.48. The van der Waals surface area contributed by atoms with Crippen molar-refractivity contribution in [2.24, 2.45) is 0 Å². The van der Waals surface area contributed by atoms with E-state index in [9.17, 15) is 4.79 Å². The second kappa shape index (κ2) is 8.01. The van der Waals surface area contributed by atoms with Crippen LogP contribution in [0.5, 0.6) is 0 Å². The number of carbonyl (C=O) groups is 1. The van der Waals surface area contributed by atoms with Crippen molar-refractivity contribution >= 4 is 17.7 Å². The summed E-state index contributed by atoms with van der Waals surface area (Å²) >= 11 is 1.47. The molecule has 0 bridgehead atoms. The fraction of sp³-hybridized carbons (Fsp3) is 0.500. The van der Waals surface area contributed by atoms with E-state index in [0.717, 1.165) is 23.8 Å². The molecule has 0 saturated carbocycles. The van der Waals surface area contributed by atoms with E-state index in [1.807, 2.05) is 18.2 Å². The van der Waals surface area contributed by atoms with Gasteiger partial charge in [0, 0.05) is 12.8 Å². The molecular weight excluding hydrogens is 336 g/mol. The highest BCUT2D eigenvalue weighted by molar-refractivity contribution is 8.00. The van der Waals surface area contributed by atoms with E-state index in [-0.39, 0.29) is 17.3 Å². The van der Waals surface area contributed by atoms with Gasteiger partial charge >= 0.3 is 5.97 Å². The fourth-order valence-corrected chi connectivity index (χ4v) is 4.13. The van der Waals surface area contributed by atoms with E-state index in [1.54, 1.807) is 0 Å². The first-order valence-corrected chi connectivity index (χ1v) is 9.58. The lowest BCUT2D eigenvalue weighted by Gasteiger charge is -2.20. The molecule has 134 valence electrons. The van der Waals surface area contributed by atoms with Gasteiger partial charge in [0.1, 0.15) is 11.3 Å². The number of hydrogen-bond acceptors (Lipinski definition) is 5. The predicted molar refractivity (Wildman–Crippen MR) is 96.6 cm³/mol. The first kappa shape index (κ1) is 17.9. The highest BCUT2D eigenvalue weighted by atomic mass is 32.2. The molecule has 0 aliphatic carbocycles. The van der Waals surface area contributed by atoms with E-state index in [2.05, 4.69) is 47.9 Å². The van der Waals surface area contributed by atoms with Gasteiger partial charge in [-0.1, -0.05) is 49.0 Å². The summed E-state index contributed by atoms with van der Waals surface area (Å²) in [6, 6.07) is 10.6. The summed E-state index contributed by atoms with van der Waals surface area (Å²) in [5, 5.41) is 9.52. The van der Waals surface area contributed by atoms with Crippen LogP contribution >= 0.6 is 11.8 Å². The van der Waals surface area contributed by atoms with Gasteiger partial charge < -0.3 is 9.64 Å². The van der Waals surface area contributed by atoms with Crippen LogP contribution in [0.25, 0.3) is 0 Å². The molecule has 0 radical (unpaired) electrons. The number of ether oxygens (including phenoxy) is 1. The Morgan fingerprint density at radius 1 is 1.32 bits per heavy atom. The van der Waals surface area contributed by atoms with Gasteiger partial charge in [-0.2, -0.15) is 0 Å². The molecule has 1 aliphatic heterocycles. The Balaban J connectivity index is 1.93. The SMILES string of the molecule is CC[C@H](c1nnc(S[C@@H]2CCOC2=O)n1Cc1ccccc1)[NH+](C)C. The summed E-state index contributed by atoms with van der Waals surface area (Å²) in [6.45, 7) is 3.37. The van der Waals surface area contributed by atoms with Gasteiger partial charge in [0.05, 0.1) is 27.2 Å². The van der Waals surface area contributed by atoms with Crippen LogP contribution in [0.15, 0.2) is 35.5 Å². The van der Waals surface area contributed by atoms with Crippen LogP contribution in [0, 0.1) is 0 Å². The maximum Gasteiger partial charge on any atom is 0.319 e. The summed E-state index contributed by atoms with van der Waals surface area (Å²) in [7, 11) is 4.27. The average molecular weight is 361 g/mol. The molecule has 1 saturated heterocycles. The Morgan fingerprint density at radius 2 is 2.08 bits per heavy atom. The maximum absolute atomic E-state index is 11.8. The third kappa shape index (κ3) is 4.04. The number of esters is 1. The number of carbonyl (C=O) groups excluding carboxylic acids is 1. The molecule has 25 heavy (non-hydrogen) atoms. The van der Waals surface area contributed by atoms with Crippen LogP contribution in [0.4, 0.5) is 0 Å². The second-order valence-corrected chi connectivity index (χ2v) is 7.68. The monoisotopic (exact) mass is 361 g/mol. The van der Waals surface area contributed by atoms with E-state index in [4.69, 9.17) is 4.74 Å². The number of hydrogen-bond donors (Lipinski definition) is 1. The van der Waals surface area contributed by atoms with Crippen molar-refractivity contribution in [2.45, 2.75) is 42.8 Å². The smallest absolute Gasteiger partial charge is 0.319 e. The minimum Gasteiger partial charge on any atom is -0.465 e. The maximum atomic E-state index is 11.8. The lowest BCUT2D eigenvalue weighted by Crippen LogP contribution is -3.06. The molecule has 1 fully saturated rings. The summed E-state index contributed by atoms with van der Waals surface area (Å²) in [6.07, 6.45) is 1.71. The molecule has 2 atom stereocenters. The first-order valence-electron chi connectivity index (χ1n) is 8.70. The van der Waals surface area contributed by atoms with Gasteiger partial charge in [0.25, 0.3) is 0 Å². The number of nitrogens with zero attached hydrogens (tertiary/aromatic N) is 3. The van der Waals surface area contributed by atoms with Crippen molar-refractivity contribution in [3.05, 3.63) is 41.7 Å². The van der Waals surface area contributed by atoms with E-state index < -0.39 is 0 Å². The molecular formula is C18H25N4O2S+. The second-order valence-electron chi connectivity index (χ2n) is 6.51. The normalized spacial score (nSPS) is 18.6. The molecule has 0 unspecified atom stereocenters. The van der Waals surface area contributed by atoms with Gasteiger partial charge in [-0.3, -0.25) is 9.36 Å². The van der Waals surface area contributed by atoms with Gasteiger partial charge in [0.2, 0.25) is 0 Å². The molecule has 6 nitrogen and oxygen atoms in total. The summed E-state index contributed by atoms with van der Waals surface area (Å²) < 4.78 is 7.25. The van der Waals surface area contributed by atoms with Gasteiger partial charge in [-0.15, -0.1) is 10.2 Å². The zero-order chi connectivity index (χ0) is 17.8. The molecule has 1 aliphatic rings. The number of quaternary nitrogens is 1. The topological polar surface area (TPSA) is 61.5 Å². The van der Waals surface area contributed by atoms with Crippen LogP contribution in [0.2, 0.25) is 0 Å². The summed E-state index contributed by atoms with van der Waals surface area (Å²) in [5.74, 6) is 0.825. The molecule has 1 N–H and O–H groups in total. The highest BCUT2D eigenvalue weighted by Gasteiger charge is 2.31. The minimum atomic E-state index is -0.182. The molecule has 3 rings (SSSR count). The largest absolute Gasteiger partial charge is 0.465 e. The average Bonchev–Trinajstić information content (AvgIpc) is 3.17. The van der Waals surface area contributed by atoms with Crippen LogP contribution in [0.3, 0.4) is 0 Å². The number of cyclic esters (lactones) is 1. The Kier molecular flexibility index (Phi) is 5.75. The molecule has 7 heteroatoms. The van der Waals surface area contributed by atoms with Gasteiger partial charge in [-0.25, -0.2) is 0 Å². The van der Waals surface area contributed by atoms with Crippen molar-refractivity contribution in [3.8, 4) is 0 Å². The number of thioether (sulfide) groups is 1. The zero-order valence-corrected chi connectivity index (χ0v) is 15.8. The van der Waals surface area contributed by atoms with Crippen molar-refractivity contribution in [3.63, 3.8) is 0 Å². The Bertz CT molecular complexity index is 717. The number of nitrogens with one attached hydrogen (secondary N) is 1. The number of rotatable bonds is 7. The van der Waals surface area contributed by atoms with Crippen LogP contribution in [0.1, 0.15) is 37.2 Å². The Morgan fingerprint density at radius 3 is 2.68 bits per heavy atom. The minimum absolute atomic E-state index is 0.147. The molecule has 1 aromatic heterocycles. The van der Waals surface area contributed by atoms with Crippen LogP contribution < -0.4 is 4.90 Å². The lowest BCUT2D eigenvalue weighted by molar-refractivity contribution is -0.893. The first-order chi connectivity index (χ1) is 12.1. The highest BCUT2D eigenvalue weighted by Crippen LogP contribution is 2.30. The standard InChI is InChI=1S/C18H24N4O2S/c1-4-14(21(2)3)16-19-20-18(25-15-10-11-24-17(15)23)22(16)12-13-8-6-5-7-9-13/h5-9,14-15H,4,10-12H2,1-3H3/p+1/t14-,15-/m1/s1. The molecule has 0 amide bonds. The number of aromatic nitrogens is 3. The predicted octanol–water partition coefficient (Wildman–Crippen LogP) is 1.33. The van der Waals surface area contributed by atoms with Gasteiger partial charge in [0.15, 0.2) is 11.0 Å². The Labute approximate surface area is 152 Å². The van der Waals surface area contributed by atoms with E-state index in [0.29, 0.717) is 13.2 Å². The van der Waals surface area contributed by atoms with Gasteiger partial charge in [-0.05, 0) is 5.56 Å².